The Morgan fingerprint density at radius 1 is 1.23 bits per heavy atom. The van der Waals surface area contributed by atoms with Gasteiger partial charge in [0.1, 0.15) is 0 Å². The third-order valence-corrected chi connectivity index (χ3v) is 3.30. The number of amides is 1. The van der Waals surface area contributed by atoms with E-state index >= 15 is 0 Å². The molecular formula is C16H17N5O. The molecule has 0 aliphatic heterocycles. The number of anilines is 1. The van der Waals surface area contributed by atoms with Crippen molar-refractivity contribution >= 4 is 11.6 Å². The van der Waals surface area contributed by atoms with E-state index in [1.165, 1.54) is 5.56 Å². The highest BCUT2D eigenvalue weighted by atomic mass is 16.2. The number of aromatic nitrogens is 4. The van der Waals surface area contributed by atoms with Gasteiger partial charge in [0.15, 0.2) is 5.69 Å². The predicted octanol–water partition coefficient (Wildman–Crippen LogP) is 2.23. The zero-order valence-corrected chi connectivity index (χ0v) is 12.5. The molecule has 1 aromatic carbocycles. The molecule has 3 rings (SSSR count). The van der Waals surface area contributed by atoms with Crippen molar-refractivity contribution in [1.29, 1.82) is 0 Å². The van der Waals surface area contributed by atoms with Crippen LogP contribution in [0.1, 0.15) is 21.6 Å². The van der Waals surface area contributed by atoms with Crippen LogP contribution in [-0.2, 0) is 13.6 Å². The second-order valence-electron chi connectivity index (χ2n) is 5.24. The molecule has 3 aromatic rings. The van der Waals surface area contributed by atoms with Gasteiger partial charge in [0.2, 0.25) is 0 Å². The number of carbonyl (C=O) groups is 1. The summed E-state index contributed by atoms with van der Waals surface area (Å²) in [5, 5.41) is 11.1. The van der Waals surface area contributed by atoms with E-state index < -0.39 is 0 Å². The summed E-state index contributed by atoms with van der Waals surface area (Å²) >= 11 is 0. The van der Waals surface area contributed by atoms with Gasteiger partial charge in [0.25, 0.3) is 5.91 Å². The van der Waals surface area contributed by atoms with E-state index in [2.05, 4.69) is 46.7 Å². The number of aryl methyl sites for hydroxylation is 2. The number of rotatable bonds is 4. The Balaban J connectivity index is 1.66. The summed E-state index contributed by atoms with van der Waals surface area (Å²) in [5.41, 5.74) is 3.43. The van der Waals surface area contributed by atoms with Gasteiger partial charge >= 0.3 is 0 Å². The van der Waals surface area contributed by atoms with Crippen molar-refractivity contribution in [2.24, 2.45) is 7.05 Å². The second-order valence-corrected chi connectivity index (χ2v) is 5.24. The Morgan fingerprint density at radius 3 is 2.68 bits per heavy atom. The fourth-order valence-corrected chi connectivity index (χ4v) is 2.13. The van der Waals surface area contributed by atoms with Gasteiger partial charge in [-0.25, -0.2) is 0 Å². The van der Waals surface area contributed by atoms with E-state index in [0.717, 1.165) is 5.56 Å². The van der Waals surface area contributed by atoms with E-state index in [4.69, 9.17) is 0 Å². The van der Waals surface area contributed by atoms with Crippen molar-refractivity contribution in [1.82, 2.24) is 19.6 Å². The first kappa shape index (κ1) is 14.1. The number of hydrogen-bond donors (Lipinski definition) is 1. The summed E-state index contributed by atoms with van der Waals surface area (Å²) < 4.78 is 3.38. The van der Waals surface area contributed by atoms with Crippen LogP contribution >= 0.6 is 0 Å². The zero-order valence-electron chi connectivity index (χ0n) is 12.5. The fourth-order valence-electron chi connectivity index (χ4n) is 2.13. The quantitative estimate of drug-likeness (QED) is 0.802. The van der Waals surface area contributed by atoms with Gasteiger partial charge in [-0.1, -0.05) is 29.8 Å². The van der Waals surface area contributed by atoms with Crippen LogP contribution in [0.4, 0.5) is 5.69 Å². The number of nitrogens with zero attached hydrogens (tertiary/aromatic N) is 4. The number of hydrogen-bond acceptors (Lipinski definition) is 3. The molecular weight excluding hydrogens is 278 g/mol. The Morgan fingerprint density at radius 2 is 2.00 bits per heavy atom. The first-order chi connectivity index (χ1) is 10.6. The van der Waals surface area contributed by atoms with Crippen molar-refractivity contribution < 1.29 is 4.79 Å². The second kappa shape index (κ2) is 5.85. The molecule has 0 spiro atoms. The molecule has 0 fully saturated rings. The molecule has 1 N–H and O–H groups in total. The largest absolute Gasteiger partial charge is 0.318 e. The van der Waals surface area contributed by atoms with Crippen LogP contribution in [0.2, 0.25) is 0 Å². The summed E-state index contributed by atoms with van der Waals surface area (Å²) in [4.78, 5) is 12.0. The Labute approximate surface area is 128 Å². The standard InChI is InChI=1S/C16H17N5O/c1-12-3-5-13(6-4-12)10-21-11-14(9-17-21)18-16(22)15-7-8-20(2)19-15/h3-9,11H,10H2,1-2H3,(H,18,22). The zero-order chi connectivity index (χ0) is 15.5. The van der Waals surface area contributed by atoms with E-state index in [0.29, 0.717) is 17.9 Å². The molecule has 22 heavy (non-hydrogen) atoms. The molecule has 2 heterocycles. The van der Waals surface area contributed by atoms with Crippen LogP contribution in [0.25, 0.3) is 0 Å². The predicted molar refractivity (Wildman–Crippen MR) is 83.7 cm³/mol. The smallest absolute Gasteiger partial charge is 0.276 e. The van der Waals surface area contributed by atoms with Crippen LogP contribution in [0.5, 0.6) is 0 Å². The highest BCUT2D eigenvalue weighted by molar-refractivity contribution is 6.02. The first-order valence-corrected chi connectivity index (χ1v) is 6.99. The highest BCUT2D eigenvalue weighted by Gasteiger charge is 2.10. The molecule has 0 saturated carbocycles. The summed E-state index contributed by atoms with van der Waals surface area (Å²) in [7, 11) is 1.77. The Hall–Kier alpha value is -2.89. The van der Waals surface area contributed by atoms with Crippen molar-refractivity contribution in [3.05, 3.63) is 65.7 Å². The minimum absolute atomic E-state index is 0.240. The molecule has 1 amide bonds. The number of benzene rings is 1. The van der Waals surface area contributed by atoms with E-state index in [-0.39, 0.29) is 5.91 Å². The molecule has 2 aromatic heterocycles. The minimum atomic E-state index is -0.240. The van der Waals surface area contributed by atoms with E-state index in [1.807, 2.05) is 0 Å². The van der Waals surface area contributed by atoms with Crippen LogP contribution in [0, 0.1) is 6.92 Å². The average Bonchev–Trinajstić information content (AvgIpc) is 3.11. The fraction of sp³-hybridized carbons (Fsp3) is 0.188. The third-order valence-electron chi connectivity index (χ3n) is 3.30. The minimum Gasteiger partial charge on any atom is -0.318 e. The molecule has 6 nitrogen and oxygen atoms in total. The summed E-state index contributed by atoms with van der Waals surface area (Å²) in [5.74, 6) is -0.240. The van der Waals surface area contributed by atoms with Gasteiger partial charge in [-0.15, -0.1) is 0 Å². The summed E-state index contributed by atoms with van der Waals surface area (Å²) in [6, 6.07) is 9.96. The molecule has 0 aliphatic carbocycles. The molecule has 0 radical (unpaired) electrons. The average molecular weight is 295 g/mol. The number of nitrogens with one attached hydrogen (secondary N) is 1. The molecule has 0 unspecified atom stereocenters. The monoisotopic (exact) mass is 295 g/mol. The summed E-state index contributed by atoms with van der Waals surface area (Å²) in [6.07, 6.45) is 5.17. The van der Waals surface area contributed by atoms with Crippen molar-refractivity contribution in [3.8, 4) is 0 Å². The van der Waals surface area contributed by atoms with Gasteiger partial charge in [0, 0.05) is 19.4 Å². The molecule has 0 saturated heterocycles. The normalized spacial score (nSPS) is 10.6. The first-order valence-electron chi connectivity index (χ1n) is 6.99. The van der Waals surface area contributed by atoms with Gasteiger partial charge in [-0.05, 0) is 18.6 Å². The maximum Gasteiger partial charge on any atom is 0.276 e. The highest BCUT2D eigenvalue weighted by Crippen LogP contribution is 2.10. The third kappa shape index (κ3) is 3.22. The van der Waals surface area contributed by atoms with E-state index in [1.54, 1.807) is 41.1 Å². The van der Waals surface area contributed by atoms with Gasteiger partial charge in [0.05, 0.1) is 18.4 Å². The maximum absolute atomic E-state index is 12.0. The van der Waals surface area contributed by atoms with Crippen LogP contribution < -0.4 is 5.32 Å². The lowest BCUT2D eigenvalue weighted by Crippen LogP contribution is -2.12. The molecule has 0 bridgehead atoms. The lowest BCUT2D eigenvalue weighted by molar-refractivity contribution is 0.102. The molecule has 0 atom stereocenters. The van der Waals surface area contributed by atoms with Crippen molar-refractivity contribution in [2.75, 3.05) is 5.32 Å². The van der Waals surface area contributed by atoms with Crippen molar-refractivity contribution in [2.45, 2.75) is 13.5 Å². The summed E-state index contributed by atoms with van der Waals surface area (Å²) in [6.45, 7) is 2.72. The Bertz CT molecular complexity index is 785. The van der Waals surface area contributed by atoms with Gasteiger partial charge in [-0.2, -0.15) is 10.2 Å². The van der Waals surface area contributed by atoms with Gasteiger partial charge < -0.3 is 5.32 Å². The molecule has 112 valence electrons. The molecule has 0 aliphatic rings. The SMILES string of the molecule is Cc1ccc(Cn2cc(NC(=O)c3ccn(C)n3)cn2)cc1. The van der Waals surface area contributed by atoms with Crippen molar-refractivity contribution in [3.63, 3.8) is 0 Å². The topological polar surface area (TPSA) is 64.7 Å². The maximum atomic E-state index is 12.0. The Kier molecular flexibility index (Phi) is 3.74. The molecule has 6 heteroatoms. The lowest BCUT2D eigenvalue weighted by atomic mass is 10.1. The number of carbonyl (C=O) groups excluding carboxylic acids is 1. The van der Waals surface area contributed by atoms with Crippen LogP contribution in [-0.4, -0.2) is 25.5 Å². The van der Waals surface area contributed by atoms with Crippen LogP contribution in [0.3, 0.4) is 0 Å². The van der Waals surface area contributed by atoms with Gasteiger partial charge in [-0.3, -0.25) is 14.2 Å². The van der Waals surface area contributed by atoms with E-state index in [9.17, 15) is 4.79 Å². The lowest BCUT2D eigenvalue weighted by Gasteiger charge is -2.02. The van der Waals surface area contributed by atoms with Crippen LogP contribution in [0.15, 0.2) is 48.9 Å².